The van der Waals surface area contributed by atoms with Gasteiger partial charge in [-0.2, -0.15) is 0 Å². The highest BCUT2D eigenvalue weighted by atomic mass is 16.2. The summed E-state index contributed by atoms with van der Waals surface area (Å²) in [5, 5.41) is 6.05. The molecule has 10 nitrogen and oxygen atoms in total. The van der Waals surface area contributed by atoms with Gasteiger partial charge in [0.2, 0.25) is 17.8 Å². The lowest BCUT2D eigenvalue weighted by atomic mass is 10.1. The Morgan fingerprint density at radius 3 is 2.55 bits per heavy atom. The topological polar surface area (TPSA) is 111 Å². The number of pyridine rings is 1. The minimum Gasteiger partial charge on any atom is -0.341 e. The first kappa shape index (κ1) is 25.4. The zero-order chi connectivity index (χ0) is 26.5. The van der Waals surface area contributed by atoms with Crippen LogP contribution in [0.5, 0.6) is 0 Å². The predicted molar refractivity (Wildman–Crippen MR) is 145 cm³/mol. The number of fused-ring (bicyclic) bond motifs is 1. The summed E-state index contributed by atoms with van der Waals surface area (Å²) in [5.41, 5.74) is 2.86. The molecule has 4 heterocycles. The summed E-state index contributed by atoms with van der Waals surface area (Å²) in [6.45, 7) is 4.03. The van der Waals surface area contributed by atoms with E-state index in [9.17, 15) is 14.4 Å². The van der Waals surface area contributed by atoms with E-state index in [4.69, 9.17) is 4.99 Å². The summed E-state index contributed by atoms with van der Waals surface area (Å²) >= 11 is 0. The Morgan fingerprint density at radius 1 is 1.00 bits per heavy atom. The number of aromatic nitrogens is 2. The van der Waals surface area contributed by atoms with Crippen molar-refractivity contribution < 1.29 is 14.4 Å². The van der Waals surface area contributed by atoms with Crippen molar-refractivity contribution in [3.8, 4) is 0 Å². The molecule has 2 saturated heterocycles. The summed E-state index contributed by atoms with van der Waals surface area (Å²) in [6.07, 6.45) is 7.93. The van der Waals surface area contributed by atoms with Gasteiger partial charge in [0.1, 0.15) is 11.7 Å². The molecule has 2 fully saturated rings. The number of hydrogen-bond donors (Lipinski definition) is 2. The number of benzene rings is 1. The average molecular weight is 516 g/mol. The van der Waals surface area contributed by atoms with Gasteiger partial charge in [-0.3, -0.25) is 19.7 Å². The van der Waals surface area contributed by atoms with Gasteiger partial charge in [0.15, 0.2) is 0 Å². The van der Waals surface area contributed by atoms with Crippen molar-refractivity contribution in [1.29, 1.82) is 0 Å². The quantitative estimate of drug-likeness (QED) is 0.401. The summed E-state index contributed by atoms with van der Waals surface area (Å²) in [6, 6.07) is 11.9. The normalized spacial score (nSPS) is 18.5. The summed E-state index contributed by atoms with van der Waals surface area (Å²) in [5.74, 6) is -0.358. The molecule has 198 valence electrons. The number of aliphatic imine (C=N–C) groups is 1. The molecule has 0 spiro atoms. The fraction of sp³-hybridized carbons (Fsp3) is 0.393. The largest absolute Gasteiger partial charge is 0.341 e. The highest BCUT2D eigenvalue weighted by molar-refractivity contribution is 6.10. The lowest BCUT2D eigenvalue weighted by Crippen LogP contribution is -2.45. The molecule has 0 bridgehead atoms. The van der Waals surface area contributed by atoms with Crippen molar-refractivity contribution in [3.05, 3.63) is 66.1 Å². The fourth-order valence-electron chi connectivity index (χ4n) is 4.94. The van der Waals surface area contributed by atoms with E-state index >= 15 is 0 Å². The lowest BCUT2D eigenvalue weighted by Gasteiger charge is -2.25. The van der Waals surface area contributed by atoms with Gasteiger partial charge in [0.05, 0.1) is 17.9 Å². The SMILES string of the molecule is Cc1cn2cc(NC(=NC3CCCCN(CC(=O)N4CCCC4)C3=O)NC(=O)c3ccccc3)ccc2n1. The second kappa shape index (κ2) is 11.5. The Bertz CT molecular complexity index is 1340. The number of anilines is 1. The number of imidazole rings is 1. The van der Waals surface area contributed by atoms with E-state index in [1.165, 1.54) is 0 Å². The Kier molecular flexibility index (Phi) is 7.67. The Labute approximate surface area is 221 Å². The maximum Gasteiger partial charge on any atom is 0.257 e. The van der Waals surface area contributed by atoms with Crippen molar-refractivity contribution in [1.82, 2.24) is 24.5 Å². The molecular weight excluding hydrogens is 482 g/mol. The molecule has 3 amide bonds. The van der Waals surface area contributed by atoms with Crippen LogP contribution in [0.25, 0.3) is 5.65 Å². The van der Waals surface area contributed by atoms with Crippen LogP contribution in [0, 0.1) is 6.92 Å². The first-order chi connectivity index (χ1) is 18.5. The third kappa shape index (κ3) is 6.01. The molecular formula is C28H33N7O3. The van der Waals surface area contributed by atoms with Crippen LogP contribution in [0.2, 0.25) is 0 Å². The second-order valence-corrected chi connectivity index (χ2v) is 9.85. The molecule has 0 saturated carbocycles. The standard InChI is InChI=1S/C28H33N7O3/c1-20-17-35-18-22(12-13-24(35)29-20)30-28(32-26(37)21-9-3-2-4-10-21)31-23-11-5-6-16-34(27(23)38)19-25(36)33-14-7-8-15-33/h2-4,9-10,12-13,17-18,23H,5-8,11,14-16,19H2,1H3,(H2,30,31,32,37). The monoisotopic (exact) mass is 515 g/mol. The first-order valence-electron chi connectivity index (χ1n) is 13.2. The van der Waals surface area contributed by atoms with Crippen LogP contribution in [0.4, 0.5) is 5.69 Å². The molecule has 10 heteroatoms. The zero-order valence-electron chi connectivity index (χ0n) is 21.6. The van der Waals surface area contributed by atoms with E-state index in [2.05, 4.69) is 15.6 Å². The molecule has 2 aliphatic heterocycles. The molecule has 3 aromatic rings. The van der Waals surface area contributed by atoms with Gasteiger partial charge in [-0.1, -0.05) is 18.2 Å². The Hall–Kier alpha value is -4.21. The van der Waals surface area contributed by atoms with E-state index in [-0.39, 0.29) is 30.2 Å². The number of guanidine groups is 1. The smallest absolute Gasteiger partial charge is 0.257 e. The van der Waals surface area contributed by atoms with Crippen molar-refractivity contribution >= 4 is 35.0 Å². The van der Waals surface area contributed by atoms with Crippen LogP contribution in [-0.4, -0.2) is 75.1 Å². The van der Waals surface area contributed by atoms with Crippen LogP contribution in [0.3, 0.4) is 0 Å². The molecule has 0 aliphatic carbocycles. The molecule has 2 N–H and O–H groups in total. The van der Waals surface area contributed by atoms with Gasteiger partial charge in [0.25, 0.3) is 5.91 Å². The maximum absolute atomic E-state index is 13.5. The van der Waals surface area contributed by atoms with Crippen molar-refractivity contribution in [2.24, 2.45) is 4.99 Å². The number of nitrogens with zero attached hydrogens (tertiary/aromatic N) is 5. The number of amides is 3. The summed E-state index contributed by atoms with van der Waals surface area (Å²) < 4.78 is 1.89. The molecule has 0 radical (unpaired) electrons. The molecule has 38 heavy (non-hydrogen) atoms. The fourth-order valence-corrected chi connectivity index (χ4v) is 4.94. The van der Waals surface area contributed by atoms with E-state index in [0.29, 0.717) is 24.2 Å². The number of carbonyl (C=O) groups is 3. The van der Waals surface area contributed by atoms with Gasteiger partial charge in [-0.15, -0.1) is 0 Å². The predicted octanol–water partition coefficient (Wildman–Crippen LogP) is 2.84. The van der Waals surface area contributed by atoms with Crippen LogP contribution in [0.1, 0.15) is 48.2 Å². The minimum absolute atomic E-state index is 0.0138. The minimum atomic E-state index is -0.707. The second-order valence-electron chi connectivity index (χ2n) is 9.85. The lowest BCUT2D eigenvalue weighted by molar-refractivity contribution is -0.140. The van der Waals surface area contributed by atoms with Gasteiger partial charge >= 0.3 is 0 Å². The van der Waals surface area contributed by atoms with Gasteiger partial charge < -0.3 is 19.5 Å². The number of likely N-dealkylation sites (tertiary alicyclic amines) is 2. The van der Waals surface area contributed by atoms with Crippen LogP contribution in [0.15, 0.2) is 59.9 Å². The number of aryl methyl sites for hydroxylation is 1. The molecule has 2 aliphatic rings. The number of carbonyl (C=O) groups excluding carboxylic acids is 3. The van der Waals surface area contributed by atoms with Crippen molar-refractivity contribution in [3.63, 3.8) is 0 Å². The van der Waals surface area contributed by atoms with Crippen molar-refractivity contribution in [2.45, 2.75) is 45.1 Å². The summed E-state index contributed by atoms with van der Waals surface area (Å²) in [7, 11) is 0. The van der Waals surface area contributed by atoms with Crippen molar-refractivity contribution in [2.75, 3.05) is 31.5 Å². The van der Waals surface area contributed by atoms with Crippen LogP contribution in [-0.2, 0) is 9.59 Å². The average Bonchev–Trinajstić information content (AvgIpc) is 3.55. The third-order valence-electron chi connectivity index (χ3n) is 6.92. The molecule has 5 rings (SSSR count). The van der Waals surface area contributed by atoms with Gasteiger partial charge in [-0.25, -0.2) is 9.98 Å². The molecule has 1 atom stereocenters. The number of hydrogen-bond acceptors (Lipinski definition) is 5. The first-order valence-corrected chi connectivity index (χ1v) is 13.2. The molecule has 1 aromatic carbocycles. The van der Waals surface area contributed by atoms with Gasteiger partial charge in [-0.05, 0) is 63.3 Å². The van der Waals surface area contributed by atoms with E-state index < -0.39 is 6.04 Å². The van der Waals surface area contributed by atoms with E-state index in [1.807, 2.05) is 46.8 Å². The maximum atomic E-state index is 13.5. The van der Waals surface area contributed by atoms with E-state index in [1.54, 1.807) is 29.2 Å². The third-order valence-corrected chi connectivity index (χ3v) is 6.92. The van der Waals surface area contributed by atoms with Crippen LogP contribution < -0.4 is 10.6 Å². The van der Waals surface area contributed by atoms with Gasteiger partial charge in [0, 0.05) is 37.6 Å². The molecule has 2 aromatic heterocycles. The number of nitrogens with one attached hydrogen (secondary N) is 2. The highest BCUT2D eigenvalue weighted by Crippen LogP contribution is 2.18. The van der Waals surface area contributed by atoms with E-state index in [0.717, 1.165) is 50.1 Å². The number of rotatable bonds is 5. The summed E-state index contributed by atoms with van der Waals surface area (Å²) in [4.78, 5) is 51.9. The Balaban J connectivity index is 1.39. The molecule has 1 unspecified atom stereocenters. The van der Waals surface area contributed by atoms with Crippen LogP contribution >= 0.6 is 0 Å². The Morgan fingerprint density at radius 2 is 1.76 bits per heavy atom. The highest BCUT2D eigenvalue weighted by Gasteiger charge is 2.30. The zero-order valence-corrected chi connectivity index (χ0v) is 21.6.